The van der Waals surface area contributed by atoms with Crippen molar-refractivity contribution in [1.82, 2.24) is 47.8 Å². The van der Waals surface area contributed by atoms with E-state index in [1.165, 1.54) is 155 Å². The Hall–Kier alpha value is -10.9. The van der Waals surface area contributed by atoms with Crippen molar-refractivity contribution in [2.24, 2.45) is 11.8 Å². The second-order valence-electron chi connectivity index (χ2n) is 25.4. The van der Waals surface area contributed by atoms with Gasteiger partial charge >= 0.3 is 36.0 Å². The summed E-state index contributed by atoms with van der Waals surface area (Å²) in [7, 11) is -4.03. The van der Waals surface area contributed by atoms with Crippen molar-refractivity contribution in [3.05, 3.63) is 279 Å². The van der Waals surface area contributed by atoms with Crippen LogP contribution in [0.4, 0.5) is 43.9 Å². The highest BCUT2D eigenvalue weighted by Crippen LogP contribution is 2.38. The molecule has 0 saturated heterocycles. The second-order valence-corrected chi connectivity index (χ2v) is 32.2. The standard InChI is InChI=1S/C18H13ClF2N2O4S.C18H13ClF2N2O2S.C14H13FN2O2S.C14H15FN2O2S.C13H10F4N2O4S/c19-14-9-11(1-6-15(14)21)7-8-28(26,27)18-22-10-16(17(24)25)23(18)13-4-2-12(20)3-5-13;19-14-9-11(1-6-15(14)21)7-8-26-18-22-10-16(17(24)25)23(18)13-4-2-12(20)3-5-13;15-10-3-5-11(6-4-10)17-12(13(18)19)7-16-14(17)20-8-9-1-2-9;1-9(2)8-20-14-16-7-12(13(18)19)17(14)11-5-3-10(15)4-6-11;14-7-1-3-8(4-2-7)19-9(10(20)21)5-18-11(19)24-6-12(22,23)13(15,16)17/h1-6,9-10H,7-8H2,(H,24,25);1-6,9-10H,7-8H2,(H,24,25);3-7,9H,1-2,8H2,(H,18,19);3-7,9H,8H2,1-2H3,(H,18,19);1-5,22-23H,6H2,(H,20,21). The number of aliphatic hydroxyl groups is 2. The zero-order valence-electron chi connectivity index (χ0n) is 61.0. The molecular weight excluding hydrogens is 1710 g/mol. The van der Waals surface area contributed by atoms with Gasteiger partial charge in [-0.2, -0.15) is 13.2 Å². The summed E-state index contributed by atoms with van der Waals surface area (Å²) in [6.07, 6.45) is 3.56. The molecule has 41 heteroatoms. The van der Waals surface area contributed by atoms with E-state index in [1.807, 2.05) is 0 Å². The van der Waals surface area contributed by atoms with Gasteiger partial charge in [0.05, 0.1) is 52.5 Å². The summed E-state index contributed by atoms with van der Waals surface area (Å²) in [4.78, 5) is 76.6. The fourth-order valence-electron chi connectivity index (χ4n) is 10.2. The number of carboxylic acid groups (broad SMARTS) is 5. The highest BCUT2D eigenvalue weighted by atomic mass is 35.5. The molecule has 0 amide bonds. The van der Waals surface area contributed by atoms with Gasteiger partial charge in [-0.1, -0.05) is 96.2 Å². The van der Waals surface area contributed by atoms with Crippen molar-refractivity contribution < 1.29 is 112 Å². The van der Waals surface area contributed by atoms with Crippen molar-refractivity contribution in [3.63, 3.8) is 0 Å². The minimum absolute atomic E-state index is 0.0102. The van der Waals surface area contributed by atoms with Crippen LogP contribution in [0.25, 0.3) is 28.4 Å². The molecule has 1 saturated carbocycles. The number of aromatic carboxylic acids is 5. The topological polar surface area (TPSA) is 350 Å². The van der Waals surface area contributed by atoms with Crippen molar-refractivity contribution in [3.8, 4) is 28.4 Å². The Morgan fingerprint density at radius 3 is 1.07 bits per heavy atom. The summed E-state index contributed by atoms with van der Waals surface area (Å²) >= 11 is 16.1. The van der Waals surface area contributed by atoms with E-state index in [9.17, 15) is 96.7 Å². The van der Waals surface area contributed by atoms with E-state index in [1.54, 1.807) is 52.7 Å². The fourth-order valence-corrected chi connectivity index (χ4v) is 16.1. The summed E-state index contributed by atoms with van der Waals surface area (Å²) in [5.41, 5.74) is 2.74. The highest BCUT2D eigenvalue weighted by Gasteiger charge is 2.53. The maximum Gasteiger partial charge on any atom is 0.443 e. The largest absolute Gasteiger partial charge is 0.477 e. The minimum atomic E-state index is -5.29. The third-order valence-corrected chi connectivity index (χ3v) is 23.0. The average Bonchev–Trinajstić information content (AvgIpc) is 1.49. The Morgan fingerprint density at radius 1 is 0.441 bits per heavy atom. The summed E-state index contributed by atoms with van der Waals surface area (Å²) in [5, 5.41) is 65.3. The van der Waals surface area contributed by atoms with E-state index in [2.05, 4.69) is 38.8 Å². The third kappa shape index (κ3) is 24.4. The van der Waals surface area contributed by atoms with Gasteiger partial charge in [-0.25, -0.2) is 88.0 Å². The minimum Gasteiger partial charge on any atom is -0.477 e. The van der Waals surface area contributed by atoms with E-state index < -0.39 is 97.4 Å². The molecule has 7 N–H and O–H groups in total. The Morgan fingerprint density at radius 2 is 0.746 bits per heavy atom. The second kappa shape index (κ2) is 40.5. The van der Waals surface area contributed by atoms with Crippen molar-refractivity contribution in [1.29, 1.82) is 0 Å². The molecular formula is C77H64Cl2F10N10O14S5. The van der Waals surface area contributed by atoms with Crippen LogP contribution in [0.3, 0.4) is 0 Å². The first-order valence-electron chi connectivity index (χ1n) is 34.3. The SMILES string of the molecule is CC(C)CSc1ncc(C(=O)O)n1-c1ccc(F)cc1.O=C(O)c1cnc(S(=O)(=O)CCc2ccc(F)c(Cl)c2)n1-c1ccc(F)cc1.O=C(O)c1cnc(SCC(O)(O)C(F)(F)F)n1-c1ccc(F)cc1.O=C(O)c1cnc(SCC2CC2)n1-c1ccc(F)cc1.O=C(O)c1cnc(SCCc2ccc(F)c(Cl)c2)n1-c1ccc(F)cc1. The molecule has 0 unspecified atom stereocenters. The van der Waals surface area contributed by atoms with Crippen molar-refractivity contribution in [2.45, 2.75) is 77.3 Å². The zero-order valence-corrected chi connectivity index (χ0v) is 66.5. The van der Waals surface area contributed by atoms with Gasteiger partial charge in [-0.3, -0.25) is 22.8 Å². The Bertz CT molecular complexity index is 5560. The van der Waals surface area contributed by atoms with Crippen LogP contribution >= 0.6 is 70.2 Å². The maximum atomic E-state index is 13.2. The smallest absolute Gasteiger partial charge is 0.443 e. The quantitative estimate of drug-likeness (QED) is 0.0143. The van der Waals surface area contributed by atoms with Crippen LogP contribution in [0, 0.1) is 52.6 Å². The van der Waals surface area contributed by atoms with Gasteiger partial charge < -0.3 is 35.7 Å². The van der Waals surface area contributed by atoms with Crippen LogP contribution in [-0.4, -0.2) is 162 Å². The van der Waals surface area contributed by atoms with Crippen molar-refractivity contribution >= 4 is 110 Å². The van der Waals surface area contributed by atoms with Gasteiger partial charge in [0.2, 0.25) is 15.0 Å². The van der Waals surface area contributed by atoms with Crippen LogP contribution in [0.2, 0.25) is 10.0 Å². The van der Waals surface area contributed by atoms with Crippen LogP contribution in [0.5, 0.6) is 0 Å². The lowest BCUT2D eigenvalue weighted by Crippen LogP contribution is -2.47. The molecule has 5 aromatic heterocycles. The van der Waals surface area contributed by atoms with E-state index >= 15 is 0 Å². The Balaban J connectivity index is 0.000000169. The number of alkyl halides is 3. The summed E-state index contributed by atoms with van der Waals surface area (Å²) < 4.78 is 161. The fraction of sp³-hybridized carbons (Fsp3) is 0.195. The number of sulfone groups is 1. The zero-order chi connectivity index (χ0) is 86.1. The summed E-state index contributed by atoms with van der Waals surface area (Å²) in [6.45, 7) is 4.16. The molecule has 1 fully saturated rings. The first kappa shape index (κ1) is 91.0. The third-order valence-electron chi connectivity index (χ3n) is 16.2. The molecule has 5 heterocycles. The molecule has 0 spiro atoms. The molecule has 620 valence electrons. The Kier molecular flexibility index (Phi) is 31.2. The molecule has 0 radical (unpaired) electrons. The molecule has 118 heavy (non-hydrogen) atoms. The number of carbonyl (C=O) groups is 5. The number of imidazole rings is 5. The lowest BCUT2D eigenvalue weighted by atomic mass is 10.2. The molecule has 12 aromatic rings. The number of carboxylic acids is 5. The van der Waals surface area contributed by atoms with Crippen LogP contribution in [0.1, 0.15) is 90.3 Å². The molecule has 1 aliphatic rings. The number of aromatic nitrogens is 10. The average molecular weight is 1770 g/mol. The first-order valence-corrected chi connectivity index (χ1v) is 40.6. The number of halogens is 12. The van der Waals surface area contributed by atoms with E-state index in [4.69, 9.17) is 38.5 Å². The molecule has 0 aliphatic heterocycles. The monoisotopic (exact) mass is 1770 g/mol. The predicted octanol–water partition coefficient (Wildman–Crippen LogP) is 17.1. The van der Waals surface area contributed by atoms with Crippen LogP contribution in [-0.2, 0) is 22.7 Å². The van der Waals surface area contributed by atoms with Gasteiger partial charge in [0.1, 0.15) is 40.7 Å². The van der Waals surface area contributed by atoms with Gasteiger partial charge in [0, 0.05) is 45.7 Å². The van der Waals surface area contributed by atoms with E-state index in [0.717, 1.165) is 68.9 Å². The highest BCUT2D eigenvalue weighted by molar-refractivity contribution is 7.99. The molecule has 1 aliphatic carbocycles. The van der Waals surface area contributed by atoms with Crippen molar-refractivity contribution in [2.75, 3.05) is 28.8 Å². The maximum absolute atomic E-state index is 13.2. The number of rotatable bonds is 27. The van der Waals surface area contributed by atoms with Crippen LogP contribution < -0.4 is 0 Å². The van der Waals surface area contributed by atoms with E-state index in [-0.39, 0.29) is 73.1 Å². The number of thioether (sulfide) groups is 4. The normalized spacial score (nSPS) is 12.0. The Labute approximate surface area is 690 Å². The number of aryl methyl sites for hydroxylation is 2. The number of hydrogen-bond donors (Lipinski definition) is 7. The predicted molar refractivity (Wildman–Crippen MR) is 418 cm³/mol. The summed E-state index contributed by atoms with van der Waals surface area (Å²) in [5.74, 6) is -11.5. The van der Waals surface area contributed by atoms with Crippen LogP contribution in [0.15, 0.2) is 214 Å². The van der Waals surface area contributed by atoms with E-state index in [0.29, 0.717) is 73.9 Å². The molecule has 24 nitrogen and oxygen atoms in total. The number of hydrogen-bond acceptors (Lipinski definition) is 18. The lowest BCUT2D eigenvalue weighted by molar-refractivity contribution is -0.336. The molecule has 0 atom stereocenters. The van der Waals surface area contributed by atoms with Gasteiger partial charge in [-0.05, 0) is 194 Å². The molecule has 0 bridgehead atoms. The van der Waals surface area contributed by atoms with Gasteiger partial charge in [0.15, 0.2) is 49.1 Å². The first-order chi connectivity index (χ1) is 55.8. The number of benzene rings is 7. The van der Waals surface area contributed by atoms with Gasteiger partial charge in [0.25, 0.3) is 5.79 Å². The molecule has 13 rings (SSSR count). The summed E-state index contributed by atoms with van der Waals surface area (Å²) in [6, 6.07) is 34.5. The number of nitrogens with zero attached hydrogens (tertiary/aromatic N) is 10. The lowest BCUT2D eigenvalue weighted by Gasteiger charge is -2.23. The molecule has 7 aromatic carbocycles. The van der Waals surface area contributed by atoms with Gasteiger partial charge in [-0.15, -0.1) is 0 Å².